The Morgan fingerprint density at radius 3 is 2.28 bits per heavy atom. The molecule has 0 saturated heterocycles. The van der Waals surface area contributed by atoms with Crippen molar-refractivity contribution < 1.29 is 9.53 Å². The molecule has 0 atom stereocenters. The number of hydrogen-bond donors (Lipinski definition) is 0. The number of aromatic nitrogens is 2. The van der Waals surface area contributed by atoms with Crippen molar-refractivity contribution in [3.63, 3.8) is 0 Å². The number of nitrogens with zero attached hydrogens (tertiary/aromatic N) is 3. The maximum Gasteiger partial charge on any atom is 0.420 e. The second-order valence-electron chi connectivity index (χ2n) is 7.36. The minimum Gasteiger partial charge on any atom is -0.449 e. The molecule has 0 aliphatic rings. The lowest BCUT2D eigenvalue weighted by Gasteiger charge is -2.10. The molecule has 0 aliphatic heterocycles. The number of para-hydroxylation sites is 2. The van der Waals surface area contributed by atoms with Crippen LogP contribution in [0.3, 0.4) is 0 Å². The van der Waals surface area contributed by atoms with Crippen molar-refractivity contribution in [1.82, 2.24) is 9.55 Å². The maximum absolute atomic E-state index is 12.8. The topological polar surface area (TPSA) is 67.9 Å². The van der Waals surface area contributed by atoms with E-state index in [9.17, 15) is 10.1 Å². The Labute approximate surface area is 184 Å². The van der Waals surface area contributed by atoms with Crippen LogP contribution < -0.4 is 0 Å². The highest BCUT2D eigenvalue weighted by atomic mass is 16.5. The maximum atomic E-state index is 12.8. The van der Waals surface area contributed by atoms with Gasteiger partial charge in [0.1, 0.15) is 6.07 Å². The largest absolute Gasteiger partial charge is 0.449 e. The van der Waals surface area contributed by atoms with Gasteiger partial charge in [-0.15, -0.1) is 0 Å². The molecule has 0 unspecified atom stereocenters. The van der Waals surface area contributed by atoms with Crippen molar-refractivity contribution in [1.29, 1.82) is 5.26 Å². The van der Waals surface area contributed by atoms with Gasteiger partial charge in [-0.2, -0.15) is 5.26 Å². The number of allylic oxidation sites excluding steroid dienone is 1. The first-order valence-corrected chi connectivity index (χ1v) is 10.4. The van der Waals surface area contributed by atoms with E-state index in [4.69, 9.17) is 4.74 Å². The van der Waals surface area contributed by atoms with E-state index in [-0.39, 0.29) is 18.0 Å². The molecule has 5 heteroatoms. The van der Waals surface area contributed by atoms with Crippen LogP contribution in [0, 0.1) is 11.3 Å². The molecule has 0 amide bonds. The van der Waals surface area contributed by atoms with Crippen LogP contribution in [0.4, 0.5) is 4.79 Å². The number of carbonyl (C=O) groups is 1. The molecule has 32 heavy (non-hydrogen) atoms. The van der Waals surface area contributed by atoms with Crippen LogP contribution in [0.25, 0.3) is 44.2 Å². The highest BCUT2D eigenvalue weighted by Gasteiger charge is 2.21. The van der Waals surface area contributed by atoms with Gasteiger partial charge in [0.05, 0.1) is 23.2 Å². The zero-order valence-electron chi connectivity index (χ0n) is 17.4. The lowest BCUT2D eigenvalue weighted by molar-refractivity contribution is 0.154. The number of hydrogen-bond acceptors (Lipinski definition) is 4. The third-order valence-electron chi connectivity index (χ3n) is 5.47. The molecule has 154 valence electrons. The van der Waals surface area contributed by atoms with Crippen molar-refractivity contribution in [2.45, 2.75) is 6.92 Å². The van der Waals surface area contributed by atoms with E-state index in [1.165, 1.54) is 4.57 Å². The van der Waals surface area contributed by atoms with E-state index in [2.05, 4.69) is 29.3 Å². The summed E-state index contributed by atoms with van der Waals surface area (Å²) in [5, 5.41) is 14.3. The average Bonchev–Trinajstić information content (AvgIpc) is 3.21. The van der Waals surface area contributed by atoms with E-state index in [1.54, 1.807) is 13.0 Å². The fourth-order valence-electron chi connectivity index (χ4n) is 4.08. The number of ether oxygens (including phenoxy) is 1. The summed E-state index contributed by atoms with van der Waals surface area (Å²) in [6.45, 7) is 1.98. The Kier molecular flexibility index (Phi) is 4.89. The second-order valence-corrected chi connectivity index (χ2v) is 7.36. The first-order chi connectivity index (χ1) is 15.7. The zero-order valence-corrected chi connectivity index (χ0v) is 17.4. The summed E-state index contributed by atoms with van der Waals surface area (Å²) in [6, 6.07) is 27.8. The molecule has 1 heterocycles. The standard InChI is InChI=1S/C27H19N3O2/c1-2-32-27(31)30-25-14-8-7-13-24(25)29-26(30)20(17-28)16-23-21-11-5-3-9-18(21)15-19-10-4-6-12-22(19)23/h3-16H,2H2,1H3. The fraction of sp³-hybridized carbons (Fsp3) is 0.0741. The smallest absolute Gasteiger partial charge is 0.420 e. The summed E-state index contributed by atoms with van der Waals surface area (Å²) >= 11 is 0. The quantitative estimate of drug-likeness (QED) is 0.251. The molecule has 5 nitrogen and oxygen atoms in total. The number of benzene rings is 4. The van der Waals surface area contributed by atoms with Crippen molar-refractivity contribution >= 4 is 50.3 Å². The molecule has 0 saturated carbocycles. The van der Waals surface area contributed by atoms with Crippen LogP contribution in [0.1, 0.15) is 18.3 Å². The van der Waals surface area contributed by atoms with Crippen LogP contribution in [-0.2, 0) is 4.74 Å². The van der Waals surface area contributed by atoms with Crippen molar-refractivity contribution in [3.05, 3.63) is 90.3 Å². The molecule has 0 N–H and O–H groups in total. The predicted molar refractivity (Wildman–Crippen MR) is 127 cm³/mol. The van der Waals surface area contributed by atoms with E-state index in [0.717, 1.165) is 27.1 Å². The van der Waals surface area contributed by atoms with Crippen LogP contribution >= 0.6 is 0 Å². The third-order valence-corrected chi connectivity index (χ3v) is 5.47. The minimum atomic E-state index is -0.555. The van der Waals surface area contributed by atoms with Gasteiger partial charge in [-0.1, -0.05) is 60.7 Å². The highest BCUT2D eigenvalue weighted by Crippen LogP contribution is 2.32. The molecular weight excluding hydrogens is 398 g/mol. The molecule has 5 aromatic rings. The minimum absolute atomic E-state index is 0.227. The predicted octanol–water partition coefficient (Wildman–Crippen LogP) is 6.41. The number of imidazole rings is 1. The van der Waals surface area contributed by atoms with E-state index in [1.807, 2.05) is 60.7 Å². The number of fused-ring (bicyclic) bond motifs is 3. The summed E-state index contributed by atoms with van der Waals surface area (Å²) in [5.41, 5.74) is 2.43. The summed E-state index contributed by atoms with van der Waals surface area (Å²) < 4.78 is 6.64. The van der Waals surface area contributed by atoms with E-state index >= 15 is 0 Å². The first-order valence-electron chi connectivity index (χ1n) is 10.4. The number of nitriles is 1. The van der Waals surface area contributed by atoms with Crippen LogP contribution in [-0.4, -0.2) is 22.3 Å². The van der Waals surface area contributed by atoms with Crippen molar-refractivity contribution in [2.24, 2.45) is 0 Å². The highest BCUT2D eigenvalue weighted by molar-refractivity contribution is 6.10. The van der Waals surface area contributed by atoms with Gasteiger partial charge >= 0.3 is 6.09 Å². The number of rotatable bonds is 3. The molecule has 0 spiro atoms. The summed E-state index contributed by atoms with van der Waals surface area (Å²) in [4.78, 5) is 17.4. The summed E-state index contributed by atoms with van der Waals surface area (Å²) in [5.74, 6) is 0.268. The Morgan fingerprint density at radius 1 is 1.00 bits per heavy atom. The molecule has 0 aliphatic carbocycles. The summed E-state index contributed by atoms with van der Waals surface area (Å²) in [6.07, 6.45) is 1.27. The Hall–Kier alpha value is -4.43. The Morgan fingerprint density at radius 2 is 1.62 bits per heavy atom. The Bertz CT molecular complexity index is 1520. The van der Waals surface area contributed by atoms with Crippen LogP contribution in [0.5, 0.6) is 0 Å². The first kappa shape index (κ1) is 19.5. The van der Waals surface area contributed by atoms with Gasteiger partial charge < -0.3 is 4.74 Å². The Balaban J connectivity index is 1.82. The van der Waals surface area contributed by atoms with Gasteiger partial charge in [0.25, 0.3) is 0 Å². The van der Waals surface area contributed by atoms with E-state index < -0.39 is 6.09 Å². The van der Waals surface area contributed by atoms with Gasteiger partial charge in [-0.05, 0) is 58.3 Å². The van der Waals surface area contributed by atoms with Gasteiger partial charge in [0.15, 0.2) is 5.82 Å². The molecule has 0 fully saturated rings. The third kappa shape index (κ3) is 3.19. The van der Waals surface area contributed by atoms with Gasteiger partial charge in [-0.3, -0.25) is 0 Å². The molecule has 0 radical (unpaired) electrons. The molecule has 1 aromatic heterocycles. The molecular formula is C27H19N3O2. The zero-order chi connectivity index (χ0) is 22.1. The molecule has 5 rings (SSSR count). The fourth-order valence-corrected chi connectivity index (χ4v) is 4.08. The monoisotopic (exact) mass is 417 g/mol. The average molecular weight is 417 g/mol. The normalized spacial score (nSPS) is 11.7. The molecule has 0 bridgehead atoms. The second kappa shape index (κ2) is 8.01. The van der Waals surface area contributed by atoms with Gasteiger partial charge in [0.2, 0.25) is 0 Å². The van der Waals surface area contributed by atoms with E-state index in [0.29, 0.717) is 11.0 Å². The van der Waals surface area contributed by atoms with Crippen LogP contribution in [0.15, 0.2) is 78.9 Å². The van der Waals surface area contributed by atoms with Crippen molar-refractivity contribution in [2.75, 3.05) is 6.61 Å². The van der Waals surface area contributed by atoms with Crippen molar-refractivity contribution in [3.8, 4) is 6.07 Å². The lowest BCUT2D eigenvalue weighted by atomic mass is 9.95. The molecule has 4 aromatic carbocycles. The van der Waals surface area contributed by atoms with Gasteiger partial charge in [-0.25, -0.2) is 14.3 Å². The SMILES string of the molecule is CCOC(=O)n1c(C(C#N)=Cc2c3ccccc3cc3ccccc23)nc2ccccc21. The van der Waals surface area contributed by atoms with Crippen LogP contribution in [0.2, 0.25) is 0 Å². The lowest BCUT2D eigenvalue weighted by Crippen LogP contribution is -2.16. The van der Waals surface area contributed by atoms with Gasteiger partial charge in [0, 0.05) is 0 Å². The summed E-state index contributed by atoms with van der Waals surface area (Å²) in [7, 11) is 0. The number of carbonyl (C=O) groups excluding carboxylic acids is 1.